The van der Waals surface area contributed by atoms with Crippen LogP contribution in [0.3, 0.4) is 0 Å². The summed E-state index contributed by atoms with van der Waals surface area (Å²) in [6, 6.07) is 4.99. The molecule has 0 atom stereocenters. The van der Waals surface area contributed by atoms with Gasteiger partial charge in [0.25, 0.3) is 0 Å². The molecule has 6 heteroatoms. The average molecular weight is 217 g/mol. The summed E-state index contributed by atoms with van der Waals surface area (Å²) in [7, 11) is 0. The van der Waals surface area contributed by atoms with E-state index in [1.807, 2.05) is 0 Å². The Labute approximate surface area is 88.7 Å². The van der Waals surface area contributed by atoms with Crippen molar-refractivity contribution in [2.45, 2.75) is 6.54 Å². The number of fused-ring (bicyclic) bond motifs is 1. The number of benzene rings is 1. The molecule has 80 valence electrons. The van der Waals surface area contributed by atoms with Crippen LogP contribution >= 0.6 is 0 Å². The van der Waals surface area contributed by atoms with Gasteiger partial charge in [0, 0.05) is 0 Å². The maximum Gasteiger partial charge on any atom is 0.314 e. The van der Waals surface area contributed by atoms with Gasteiger partial charge in [-0.3, -0.25) is 9.59 Å². The number of isocyanates is 1. The summed E-state index contributed by atoms with van der Waals surface area (Å²) in [5.74, 6) is 0. The van der Waals surface area contributed by atoms with E-state index in [1.54, 1.807) is 18.2 Å². The van der Waals surface area contributed by atoms with Crippen LogP contribution in [-0.2, 0) is 11.3 Å². The number of aromatic nitrogens is 2. The van der Waals surface area contributed by atoms with E-state index < -0.39 is 11.1 Å². The summed E-state index contributed by atoms with van der Waals surface area (Å²) < 4.78 is 0. The molecule has 0 spiro atoms. The number of carbonyl (C=O) groups excluding carboxylic acids is 1. The summed E-state index contributed by atoms with van der Waals surface area (Å²) in [5, 5.41) is 0. The predicted molar refractivity (Wildman–Crippen MR) is 57.0 cm³/mol. The first-order chi connectivity index (χ1) is 7.70. The minimum atomic E-state index is -0.705. The Kier molecular flexibility index (Phi) is 2.49. The number of aliphatic imine (C=N–C) groups is 1. The van der Waals surface area contributed by atoms with Gasteiger partial charge >= 0.3 is 11.1 Å². The fraction of sp³-hybridized carbons (Fsp3) is 0.100. The van der Waals surface area contributed by atoms with Gasteiger partial charge in [0.2, 0.25) is 6.08 Å². The molecule has 0 aliphatic heterocycles. The van der Waals surface area contributed by atoms with Gasteiger partial charge < -0.3 is 9.97 Å². The second kappa shape index (κ2) is 3.96. The van der Waals surface area contributed by atoms with Crippen molar-refractivity contribution in [2.75, 3.05) is 0 Å². The van der Waals surface area contributed by atoms with Gasteiger partial charge in [0.15, 0.2) is 0 Å². The van der Waals surface area contributed by atoms with Crippen LogP contribution < -0.4 is 11.1 Å². The number of hydrogen-bond acceptors (Lipinski definition) is 4. The maximum atomic E-state index is 11.1. The van der Waals surface area contributed by atoms with Crippen LogP contribution in [0.25, 0.3) is 11.0 Å². The Morgan fingerprint density at radius 1 is 1.12 bits per heavy atom. The highest BCUT2D eigenvalue weighted by Gasteiger charge is 2.00. The molecule has 0 saturated heterocycles. The third-order valence-electron chi connectivity index (χ3n) is 2.11. The molecule has 2 N–H and O–H groups in total. The van der Waals surface area contributed by atoms with Gasteiger partial charge in [-0.05, 0) is 17.7 Å². The van der Waals surface area contributed by atoms with Crippen LogP contribution in [-0.4, -0.2) is 16.0 Å². The highest BCUT2D eigenvalue weighted by molar-refractivity contribution is 5.74. The first-order valence-electron chi connectivity index (χ1n) is 4.49. The quantitative estimate of drug-likeness (QED) is 0.422. The fourth-order valence-electron chi connectivity index (χ4n) is 1.38. The molecule has 0 radical (unpaired) electrons. The van der Waals surface area contributed by atoms with Crippen LogP contribution in [0.2, 0.25) is 0 Å². The Bertz CT molecular complexity index is 692. The van der Waals surface area contributed by atoms with Crippen LogP contribution in [0.4, 0.5) is 0 Å². The molecule has 6 nitrogen and oxygen atoms in total. The Hall–Kier alpha value is -2.46. The molecular weight excluding hydrogens is 210 g/mol. The normalized spacial score (nSPS) is 10.0. The molecule has 1 heterocycles. The lowest BCUT2D eigenvalue weighted by Gasteiger charge is -1.99. The van der Waals surface area contributed by atoms with Crippen molar-refractivity contribution in [3.63, 3.8) is 0 Å². The van der Waals surface area contributed by atoms with E-state index in [0.717, 1.165) is 5.56 Å². The lowest BCUT2D eigenvalue weighted by Crippen LogP contribution is -2.28. The van der Waals surface area contributed by atoms with Gasteiger partial charge in [0.05, 0.1) is 17.6 Å². The molecule has 16 heavy (non-hydrogen) atoms. The molecule has 0 unspecified atom stereocenters. The van der Waals surface area contributed by atoms with Crippen molar-refractivity contribution in [1.29, 1.82) is 0 Å². The zero-order valence-electron chi connectivity index (χ0n) is 8.11. The van der Waals surface area contributed by atoms with Crippen LogP contribution in [0.1, 0.15) is 5.56 Å². The van der Waals surface area contributed by atoms with Crippen molar-refractivity contribution < 1.29 is 4.79 Å². The summed E-state index contributed by atoms with van der Waals surface area (Å²) in [6.45, 7) is 0.195. The molecule has 0 amide bonds. The minimum Gasteiger partial charge on any atom is -0.316 e. The van der Waals surface area contributed by atoms with E-state index in [2.05, 4.69) is 15.0 Å². The van der Waals surface area contributed by atoms with Crippen molar-refractivity contribution in [1.82, 2.24) is 9.97 Å². The SMILES string of the molecule is O=C=NCc1ccc2[nH]c(=O)c(=O)[nH]c2c1. The highest BCUT2D eigenvalue weighted by atomic mass is 16.2. The van der Waals surface area contributed by atoms with Crippen molar-refractivity contribution in [3.05, 3.63) is 44.5 Å². The standard InChI is InChI=1S/C10H7N3O3/c14-5-11-4-6-1-2-7-8(3-6)13-10(16)9(15)12-7/h1-3H,4H2,(H,12,15)(H,13,16). The van der Waals surface area contributed by atoms with Gasteiger partial charge in [-0.25, -0.2) is 9.79 Å². The number of H-pyrrole nitrogens is 2. The van der Waals surface area contributed by atoms with Crippen molar-refractivity contribution in [2.24, 2.45) is 4.99 Å². The lowest BCUT2D eigenvalue weighted by atomic mass is 10.2. The number of nitrogens with one attached hydrogen (secondary N) is 2. The molecule has 2 aromatic rings. The summed E-state index contributed by atoms with van der Waals surface area (Å²) in [4.78, 5) is 40.3. The smallest absolute Gasteiger partial charge is 0.314 e. The summed E-state index contributed by atoms with van der Waals surface area (Å²) >= 11 is 0. The molecule has 0 saturated carbocycles. The van der Waals surface area contributed by atoms with Gasteiger partial charge in [-0.15, -0.1) is 0 Å². The van der Waals surface area contributed by atoms with E-state index >= 15 is 0 Å². The first-order valence-corrected chi connectivity index (χ1v) is 4.49. The lowest BCUT2D eigenvalue weighted by molar-refractivity contribution is 0.563. The topological polar surface area (TPSA) is 95.2 Å². The molecule has 1 aromatic heterocycles. The molecule has 2 rings (SSSR count). The number of nitrogens with zero attached hydrogens (tertiary/aromatic N) is 1. The van der Waals surface area contributed by atoms with E-state index in [4.69, 9.17) is 0 Å². The first kappa shape index (κ1) is 10.1. The van der Waals surface area contributed by atoms with Gasteiger partial charge in [0.1, 0.15) is 0 Å². The molecule has 1 aromatic carbocycles. The van der Waals surface area contributed by atoms with E-state index in [0.29, 0.717) is 11.0 Å². The Balaban J connectivity index is 2.62. The largest absolute Gasteiger partial charge is 0.316 e. The number of aromatic amines is 2. The molecule has 0 fully saturated rings. The van der Waals surface area contributed by atoms with Crippen LogP contribution in [0.5, 0.6) is 0 Å². The molecule has 0 aliphatic carbocycles. The number of hydrogen-bond donors (Lipinski definition) is 2. The monoisotopic (exact) mass is 217 g/mol. The van der Waals surface area contributed by atoms with Crippen molar-refractivity contribution >= 4 is 17.1 Å². The molecular formula is C10H7N3O3. The van der Waals surface area contributed by atoms with E-state index in [9.17, 15) is 14.4 Å². The molecule has 0 aliphatic rings. The van der Waals surface area contributed by atoms with Gasteiger partial charge in [-0.1, -0.05) is 6.07 Å². The predicted octanol–water partition coefficient (Wildman–Crippen LogP) is 0.0522. The molecule has 0 bridgehead atoms. The minimum absolute atomic E-state index is 0.195. The van der Waals surface area contributed by atoms with Gasteiger partial charge in [-0.2, -0.15) is 0 Å². The van der Waals surface area contributed by atoms with Crippen molar-refractivity contribution in [3.8, 4) is 0 Å². The fourth-order valence-corrected chi connectivity index (χ4v) is 1.38. The summed E-state index contributed by atoms with van der Waals surface area (Å²) in [5.41, 5.74) is 0.389. The van der Waals surface area contributed by atoms with Crippen LogP contribution in [0, 0.1) is 0 Å². The third kappa shape index (κ3) is 1.82. The zero-order valence-corrected chi connectivity index (χ0v) is 8.11. The average Bonchev–Trinajstić information content (AvgIpc) is 2.28. The maximum absolute atomic E-state index is 11.1. The second-order valence-corrected chi connectivity index (χ2v) is 3.20. The second-order valence-electron chi connectivity index (χ2n) is 3.20. The zero-order chi connectivity index (χ0) is 11.5. The van der Waals surface area contributed by atoms with E-state index in [1.165, 1.54) is 6.08 Å². The Morgan fingerprint density at radius 2 is 1.81 bits per heavy atom. The van der Waals surface area contributed by atoms with E-state index in [-0.39, 0.29) is 6.54 Å². The Morgan fingerprint density at radius 3 is 2.50 bits per heavy atom. The number of rotatable bonds is 2. The summed E-state index contributed by atoms with van der Waals surface area (Å²) in [6.07, 6.45) is 1.43. The third-order valence-corrected chi connectivity index (χ3v) is 2.11. The highest BCUT2D eigenvalue weighted by Crippen LogP contribution is 2.09. The van der Waals surface area contributed by atoms with Crippen LogP contribution in [0.15, 0.2) is 32.8 Å².